The fraction of sp³-hybridized carbons (Fsp3) is 0.444. The molecule has 0 saturated carbocycles. The molecule has 23 heavy (non-hydrogen) atoms. The summed E-state index contributed by atoms with van der Waals surface area (Å²) in [5.41, 5.74) is 7.67. The fourth-order valence-corrected chi connectivity index (χ4v) is 2.16. The highest BCUT2D eigenvalue weighted by Gasteiger charge is 2.18. The molecule has 0 aliphatic rings. The summed E-state index contributed by atoms with van der Waals surface area (Å²) in [7, 11) is 0. The van der Waals surface area contributed by atoms with Gasteiger partial charge in [-0.15, -0.1) is 0 Å². The van der Waals surface area contributed by atoms with Gasteiger partial charge < -0.3 is 15.5 Å². The molecule has 1 aromatic heterocycles. The third kappa shape index (κ3) is 5.53. The molecular formula is C18H25N3O2. The van der Waals surface area contributed by atoms with Crippen LogP contribution >= 0.6 is 0 Å². The summed E-state index contributed by atoms with van der Waals surface area (Å²) in [6.07, 6.45) is 2.88. The van der Waals surface area contributed by atoms with Crippen LogP contribution in [0.2, 0.25) is 0 Å². The number of benzene rings is 1. The molecule has 5 heteroatoms. The van der Waals surface area contributed by atoms with Gasteiger partial charge >= 0.3 is 0 Å². The number of nitrogens with zero attached hydrogens (tertiary/aromatic N) is 1. The first-order valence-electron chi connectivity index (χ1n) is 7.88. The van der Waals surface area contributed by atoms with E-state index in [2.05, 4.69) is 31.1 Å². The van der Waals surface area contributed by atoms with Crippen LogP contribution in [0.5, 0.6) is 0 Å². The van der Waals surface area contributed by atoms with Gasteiger partial charge in [-0.1, -0.05) is 51.1 Å². The topological polar surface area (TPSA) is 81.2 Å². The predicted octanol–water partition coefficient (Wildman–Crippen LogP) is 3.08. The van der Waals surface area contributed by atoms with E-state index >= 15 is 0 Å². The molecule has 0 radical (unpaired) electrons. The second-order valence-electron chi connectivity index (χ2n) is 6.93. The second-order valence-corrected chi connectivity index (χ2v) is 6.93. The lowest BCUT2D eigenvalue weighted by Crippen LogP contribution is -2.27. The van der Waals surface area contributed by atoms with E-state index in [-0.39, 0.29) is 23.1 Å². The van der Waals surface area contributed by atoms with Crippen LogP contribution in [0.3, 0.4) is 0 Å². The Balaban J connectivity index is 1.90. The summed E-state index contributed by atoms with van der Waals surface area (Å²) in [6, 6.07) is 9.53. The van der Waals surface area contributed by atoms with Gasteiger partial charge in [-0.25, -0.2) is 4.98 Å². The van der Waals surface area contributed by atoms with Gasteiger partial charge in [0.2, 0.25) is 5.89 Å². The monoisotopic (exact) mass is 315 g/mol. The Bertz CT molecular complexity index is 629. The van der Waals surface area contributed by atoms with E-state index in [1.807, 2.05) is 30.3 Å². The highest BCUT2D eigenvalue weighted by Crippen LogP contribution is 2.18. The maximum absolute atomic E-state index is 12.1. The number of nitrogens with two attached hydrogens (primary N) is 1. The maximum atomic E-state index is 12.1. The Morgan fingerprint density at radius 2 is 2.00 bits per heavy atom. The van der Waals surface area contributed by atoms with Crippen LogP contribution in [0.15, 0.2) is 41.0 Å². The van der Waals surface area contributed by atoms with Crippen molar-refractivity contribution < 1.29 is 9.21 Å². The molecule has 1 unspecified atom stereocenters. The number of carbonyl (C=O) groups is 1. The van der Waals surface area contributed by atoms with E-state index in [0.29, 0.717) is 18.9 Å². The molecule has 0 aliphatic carbocycles. The molecule has 124 valence electrons. The molecule has 0 fully saturated rings. The molecular weight excluding hydrogens is 290 g/mol. The molecule has 3 N–H and O–H groups in total. The van der Waals surface area contributed by atoms with Gasteiger partial charge in [0.15, 0.2) is 5.69 Å². The Morgan fingerprint density at radius 1 is 1.30 bits per heavy atom. The minimum absolute atomic E-state index is 0.181. The van der Waals surface area contributed by atoms with Crippen molar-refractivity contribution in [2.75, 3.05) is 6.54 Å². The first-order chi connectivity index (χ1) is 10.8. The van der Waals surface area contributed by atoms with Crippen molar-refractivity contribution in [1.82, 2.24) is 10.3 Å². The van der Waals surface area contributed by atoms with Gasteiger partial charge in [0.1, 0.15) is 6.26 Å². The van der Waals surface area contributed by atoms with Crippen molar-refractivity contribution in [2.24, 2.45) is 11.1 Å². The zero-order valence-corrected chi connectivity index (χ0v) is 14.0. The van der Waals surface area contributed by atoms with Crippen LogP contribution in [0.1, 0.15) is 55.2 Å². The van der Waals surface area contributed by atoms with Crippen LogP contribution in [0.4, 0.5) is 0 Å². The summed E-state index contributed by atoms with van der Waals surface area (Å²) < 4.78 is 5.37. The van der Waals surface area contributed by atoms with Crippen molar-refractivity contribution in [3.8, 4) is 0 Å². The molecule has 0 aliphatic heterocycles. The third-order valence-electron chi connectivity index (χ3n) is 3.53. The smallest absolute Gasteiger partial charge is 0.273 e. The summed E-state index contributed by atoms with van der Waals surface area (Å²) in [6.45, 7) is 7.02. The minimum atomic E-state index is -0.367. The fourth-order valence-electron chi connectivity index (χ4n) is 2.16. The average molecular weight is 315 g/mol. The maximum Gasteiger partial charge on any atom is 0.273 e. The highest BCUT2D eigenvalue weighted by atomic mass is 16.3. The van der Waals surface area contributed by atoms with Crippen molar-refractivity contribution in [3.05, 3.63) is 53.7 Å². The molecule has 0 spiro atoms. The number of amides is 1. The number of carbonyl (C=O) groups excluding carboxylic acids is 1. The summed E-state index contributed by atoms with van der Waals surface area (Å²) >= 11 is 0. The van der Waals surface area contributed by atoms with Crippen molar-refractivity contribution >= 4 is 5.91 Å². The Kier molecular flexibility index (Phi) is 5.55. The number of nitrogens with one attached hydrogen (secondary N) is 1. The molecule has 1 atom stereocenters. The lowest BCUT2D eigenvalue weighted by molar-refractivity contribution is 0.0944. The van der Waals surface area contributed by atoms with Crippen molar-refractivity contribution in [3.63, 3.8) is 0 Å². The van der Waals surface area contributed by atoms with E-state index in [0.717, 1.165) is 12.0 Å². The molecule has 1 heterocycles. The zero-order chi connectivity index (χ0) is 16.9. The average Bonchev–Trinajstić information content (AvgIpc) is 2.97. The molecule has 2 rings (SSSR count). The van der Waals surface area contributed by atoms with Gasteiger partial charge in [0.25, 0.3) is 5.91 Å². The summed E-state index contributed by atoms with van der Waals surface area (Å²) in [4.78, 5) is 16.3. The van der Waals surface area contributed by atoms with Gasteiger partial charge in [-0.2, -0.15) is 0 Å². The van der Waals surface area contributed by atoms with Crippen LogP contribution < -0.4 is 11.1 Å². The van der Waals surface area contributed by atoms with Gasteiger partial charge in [-0.3, -0.25) is 4.79 Å². The number of hydrogen-bond donors (Lipinski definition) is 2. The molecule has 1 amide bonds. The molecule has 2 aromatic rings. The van der Waals surface area contributed by atoms with Gasteiger partial charge in [-0.05, 0) is 23.8 Å². The van der Waals surface area contributed by atoms with E-state index in [9.17, 15) is 4.79 Å². The largest absolute Gasteiger partial charge is 0.446 e. The summed E-state index contributed by atoms with van der Waals surface area (Å²) in [5, 5.41) is 2.86. The second kappa shape index (κ2) is 7.42. The zero-order valence-electron chi connectivity index (χ0n) is 14.0. The summed E-state index contributed by atoms with van der Waals surface area (Å²) in [5.74, 6) is 0.158. The molecule has 5 nitrogen and oxygen atoms in total. The highest BCUT2D eigenvalue weighted by molar-refractivity contribution is 5.91. The number of rotatable bonds is 6. The number of hydrogen-bond acceptors (Lipinski definition) is 4. The number of oxazole rings is 1. The Hall–Kier alpha value is -2.14. The van der Waals surface area contributed by atoms with Gasteiger partial charge in [0.05, 0.1) is 6.04 Å². The molecule has 0 saturated heterocycles. The van der Waals surface area contributed by atoms with E-state index in [4.69, 9.17) is 10.2 Å². The van der Waals surface area contributed by atoms with Crippen LogP contribution in [-0.4, -0.2) is 17.4 Å². The first kappa shape index (κ1) is 17.2. The van der Waals surface area contributed by atoms with Crippen LogP contribution in [0.25, 0.3) is 0 Å². The van der Waals surface area contributed by atoms with E-state index in [1.54, 1.807) is 0 Å². The molecule has 1 aromatic carbocycles. The minimum Gasteiger partial charge on any atom is -0.446 e. The molecule has 0 bridgehead atoms. The lowest BCUT2D eigenvalue weighted by Gasteiger charge is -2.17. The van der Waals surface area contributed by atoms with Crippen LogP contribution in [0, 0.1) is 5.41 Å². The van der Waals surface area contributed by atoms with Gasteiger partial charge in [0, 0.05) is 6.54 Å². The van der Waals surface area contributed by atoms with Crippen LogP contribution in [-0.2, 0) is 6.42 Å². The van der Waals surface area contributed by atoms with Crippen molar-refractivity contribution in [2.45, 2.75) is 39.7 Å². The quantitative estimate of drug-likeness (QED) is 0.858. The first-order valence-corrected chi connectivity index (χ1v) is 7.88. The standard InChI is InChI=1S/C18H25N3O2/c1-18(2,3)9-10-20-16(22)15-12-23-17(21-15)14(19)11-13-7-5-4-6-8-13/h4-8,12,14H,9-11,19H2,1-3H3,(H,20,22). The van der Waals surface area contributed by atoms with E-state index < -0.39 is 0 Å². The number of aromatic nitrogens is 1. The predicted molar refractivity (Wildman–Crippen MR) is 90.0 cm³/mol. The Morgan fingerprint density at radius 3 is 2.65 bits per heavy atom. The normalized spacial score (nSPS) is 12.9. The third-order valence-corrected chi connectivity index (χ3v) is 3.53. The lowest BCUT2D eigenvalue weighted by atomic mass is 9.92. The Labute approximate surface area is 137 Å². The SMILES string of the molecule is CC(C)(C)CCNC(=O)c1coc(C(N)Cc2ccccc2)n1. The van der Waals surface area contributed by atoms with E-state index in [1.165, 1.54) is 6.26 Å². The van der Waals surface area contributed by atoms with Crippen molar-refractivity contribution in [1.29, 1.82) is 0 Å².